The first-order chi connectivity index (χ1) is 14.4. The molecule has 0 fully saturated rings. The third kappa shape index (κ3) is 4.27. The number of fused-ring (bicyclic) bond motifs is 1. The van der Waals surface area contributed by atoms with Crippen LogP contribution in [0, 0.1) is 12.8 Å². The molecule has 0 unspecified atom stereocenters. The molecule has 0 saturated carbocycles. The zero-order valence-corrected chi connectivity index (χ0v) is 18.5. The lowest BCUT2D eigenvalue weighted by molar-refractivity contribution is 0.360. The molecule has 2 aromatic carbocycles. The van der Waals surface area contributed by atoms with Crippen LogP contribution in [0.15, 0.2) is 56.9 Å². The Balaban J connectivity index is 1.77. The predicted molar refractivity (Wildman–Crippen MR) is 119 cm³/mol. The minimum atomic E-state index is -0.137. The summed E-state index contributed by atoms with van der Waals surface area (Å²) in [7, 11) is 0. The molecule has 0 aliphatic heterocycles. The van der Waals surface area contributed by atoms with Crippen molar-refractivity contribution < 1.29 is 4.52 Å². The van der Waals surface area contributed by atoms with Crippen LogP contribution in [-0.2, 0) is 12.2 Å². The summed E-state index contributed by atoms with van der Waals surface area (Å²) in [6, 6.07) is 12.9. The number of para-hydroxylation sites is 1. The van der Waals surface area contributed by atoms with Crippen LogP contribution in [0.5, 0.6) is 0 Å². The summed E-state index contributed by atoms with van der Waals surface area (Å²) in [4.78, 5) is 22.6. The number of hydrogen-bond donors (Lipinski definition) is 0. The summed E-state index contributed by atoms with van der Waals surface area (Å²) in [5, 5.41) is 5.67. The maximum Gasteiger partial charge on any atom is 0.266 e. The Hall–Kier alpha value is -2.64. The van der Waals surface area contributed by atoms with E-state index in [1.807, 2.05) is 31.2 Å². The molecule has 0 spiro atoms. The Labute approximate surface area is 183 Å². The minimum absolute atomic E-state index is 0.137. The molecule has 2 aromatic heterocycles. The Kier molecular flexibility index (Phi) is 5.92. The second-order valence-electron chi connectivity index (χ2n) is 7.47. The van der Waals surface area contributed by atoms with Crippen molar-refractivity contribution in [1.82, 2.24) is 19.7 Å². The highest BCUT2D eigenvalue weighted by Crippen LogP contribution is 2.26. The molecule has 0 aliphatic carbocycles. The van der Waals surface area contributed by atoms with E-state index in [2.05, 4.69) is 24.0 Å². The molecule has 4 rings (SSSR count). The third-order valence-electron chi connectivity index (χ3n) is 4.58. The first-order valence-corrected chi connectivity index (χ1v) is 11.0. The van der Waals surface area contributed by atoms with Gasteiger partial charge in [-0.25, -0.2) is 4.98 Å². The molecule has 30 heavy (non-hydrogen) atoms. The van der Waals surface area contributed by atoms with Crippen LogP contribution >= 0.6 is 23.4 Å². The summed E-state index contributed by atoms with van der Waals surface area (Å²) in [5.41, 5.74) is 2.20. The maximum absolute atomic E-state index is 13.4. The van der Waals surface area contributed by atoms with Crippen molar-refractivity contribution in [2.75, 3.05) is 0 Å². The Morgan fingerprint density at radius 1 is 1.17 bits per heavy atom. The molecular formula is C22H21ClN4O2S. The molecule has 0 aliphatic rings. The van der Waals surface area contributed by atoms with Crippen LogP contribution in [0.25, 0.3) is 16.6 Å². The molecule has 0 bridgehead atoms. The van der Waals surface area contributed by atoms with Crippen molar-refractivity contribution >= 4 is 34.3 Å². The van der Waals surface area contributed by atoms with E-state index in [9.17, 15) is 4.79 Å². The summed E-state index contributed by atoms with van der Waals surface area (Å²) in [6.45, 7) is 6.17. The number of rotatable bonds is 6. The van der Waals surface area contributed by atoms with Gasteiger partial charge in [-0.1, -0.05) is 60.6 Å². The molecule has 6 nitrogen and oxygen atoms in total. The first kappa shape index (κ1) is 20.6. The average Bonchev–Trinajstić information content (AvgIpc) is 3.14. The number of aryl methyl sites for hydroxylation is 1. The van der Waals surface area contributed by atoms with Crippen molar-refractivity contribution in [3.63, 3.8) is 0 Å². The standard InChI is InChI=1S/C22H21ClN4O2S/c1-13(2)10-20-25-19(26-29-20)12-30-22-24-17-11-15(23)8-9-16(17)21(28)27(22)18-7-5-4-6-14(18)3/h4-9,11,13H,10,12H2,1-3H3. The van der Waals surface area contributed by atoms with E-state index < -0.39 is 0 Å². The van der Waals surface area contributed by atoms with Crippen LogP contribution in [0.3, 0.4) is 0 Å². The van der Waals surface area contributed by atoms with Crippen molar-refractivity contribution in [3.8, 4) is 5.69 Å². The second kappa shape index (κ2) is 8.62. The van der Waals surface area contributed by atoms with E-state index >= 15 is 0 Å². The van der Waals surface area contributed by atoms with Gasteiger partial charge in [0.25, 0.3) is 5.56 Å². The summed E-state index contributed by atoms with van der Waals surface area (Å²) >= 11 is 7.53. The average molecular weight is 441 g/mol. The van der Waals surface area contributed by atoms with Crippen molar-refractivity contribution in [1.29, 1.82) is 0 Å². The summed E-state index contributed by atoms with van der Waals surface area (Å²) in [5.74, 6) is 2.07. The largest absolute Gasteiger partial charge is 0.339 e. The van der Waals surface area contributed by atoms with Crippen molar-refractivity contribution in [3.05, 3.63) is 75.1 Å². The number of aromatic nitrogens is 4. The quantitative estimate of drug-likeness (QED) is 0.302. The number of hydrogen-bond acceptors (Lipinski definition) is 6. The Morgan fingerprint density at radius 3 is 2.73 bits per heavy atom. The lowest BCUT2D eigenvalue weighted by Crippen LogP contribution is -2.22. The molecule has 0 N–H and O–H groups in total. The molecule has 0 amide bonds. The van der Waals surface area contributed by atoms with Crippen molar-refractivity contribution in [2.24, 2.45) is 5.92 Å². The number of nitrogens with zero attached hydrogens (tertiary/aromatic N) is 4. The van der Waals surface area contributed by atoms with E-state index in [4.69, 9.17) is 21.1 Å². The third-order valence-corrected chi connectivity index (χ3v) is 5.75. The lowest BCUT2D eigenvalue weighted by Gasteiger charge is -2.14. The molecular weight excluding hydrogens is 420 g/mol. The fourth-order valence-electron chi connectivity index (χ4n) is 3.17. The SMILES string of the molecule is Cc1ccccc1-n1c(SCc2noc(CC(C)C)n2)nc2cc(Cl)ccc2c1=O. The smallest absolute Gasteiger partial charge is 0.266 e. The highest BCUT2D eigenvalue weighted by Gasteiger charge is 2.17. The first-order valence-electron chi connectivity index (χ1n) is 9.65. The Bertz CT molecular complexity index is 1270. The van der Waals surface area contributed by atoms with E-state index in [1.54, 1.807) is 22.8 Å². The molecule has 4 aromatic rings. The van der Waals surface area contributed by atoms with E-state index in [-0.39, 0.29) is 5.56 Å². The van der Waals surface area contributed by atoms with Gasteiger partial charge in [0.05, 0.1) is 22.3 Å². The fraction of sp³-hybridized carbons (Fsp3) is 0.273. The zero-order valence-electron chi connectivity index (χ0n) is 16.9. The molecule has 0 saturated heterocycles. The molecule has 154 valence electrons. The molecule has 2 heterocycles. The van der Waals surface area contributed by atoms with Gasteiger partial charge in [0.2, 0.25) is 5.89 Å². The van der Waals surface area contributed by atoms with Gasteiger partial charge < -0.3 is 4.52 Å². The molecule has 8 heteroatoms. The normalized spacial score (nSPS) is 11.5. The van der Waals surface area contributed by atoms with Gasteiger partial charge in [-0.3, -0.25) is 9.36 Å². The monoisotopic (exact) mass is 440 g/mol. The van der Waals surface area contributed by atoms with Crippen LogP contribution in [0.4, 0.5) is 0 Å². The van der Waals surface area contributed by atoms with Gasteiger partial charge in [0, 0.05) is 11.4 Å². The number of benzene rings is 2. The van der Waals surface area contributed by atoms with Gasteiger partial charge in [0.1, 0.15) is 0 Å². The second-order valence-corrected chi connectivity index (χ2v) is 8.85. The molecule has 0 radical (unpaired) electrons. The van der Waals surface area contributed by atoms with Gasteiger partial charge in [-0.15, -0.1) is 0 Å². The fourth-order valence-corrected chi connectivity index (χ4v) is 4.19. The van der Waals surface area contributed by atoms with Gasteiger partial charge >= 0.3 is 0 Å². The van der Waals surface area contributed by atoms with Crippen LogP contribution in [-0.4, -0.2) is 19.7 Å². The molecule has 0 atom stereocenters. The maximum atomic E-state index is 13.4. The van der Waals surface area contributed by atoms with E-state index in [1.165, 1.54) is 11.8 Å². The zero-order chi connectivity index (χ0) is 21.3. The van der Waals surface area contributed by atoms with E-state index in [0.29, 0.717) is 44.5 Å². The van der Waals surface area contributed by atoms with Crippen molar-refractivity contribution in [2.45, 2.75) is 38.1 Å². The predicted octanol–water partition coefficient (Wildman–Crippen LogP) is 5.22. The number of thioether (sulfide) groups is 1. The highest BCUT2D eigenvalue weighted by molar-refractivity contribution is 7.98. The van der Waals surface area contributed by atoms with Crippen LogP contribution in [0.1, 0.15) is 31.1 Å². The summed E-state index contributed by atoms with van der Waals surface area (Å²) < 4.78 is 6.97. The Morgan fingerprint density at radius 2 is 1.97 bits per heavy atom. The lowest BCUT2D eigenvalue weighted by atomic mass is 10.1. The minimum Gasteiger partial charge on any atom is -0.339 e. The highest BCUT2D eigenvalue weighted by atomic mass is 35.5. The van der Waals surface area contributed by atoms with Gasteiger partial charge in [-0.05, 0) is 42.7 Å². The summed E-state index contributed by atoms with van der Waals surface area (Å²) in [6.07, 6.45) is 0.734. The van der Waals surface area contributed by atoms with Crippen LogP contribution < -0.4 is 5.56 Å². The number of halogens is 1. The van der Waals surface area contributed by atoms with Crippen LogP contribution in [0.2, 0.25) is 5.02 Å². The van der Waals surface area contributed by atoms with E-state index in [0.717, 1.165) is 17.7 Å². The van der Waals surface area contributed by atoms with Gasteiger partial charge in [0.15, 0.2) is 11.0 Å². The topological polar surface area (TPSA) is 73.8 Å². The van der Waals surface area contributed by atoms with Gasteiger partial charge in [-0.2, -0.15) is 4.98 Å².